The number of nitrogens with one attached hydrogen (secondary N) is 2. The lowest BCUT2D eigenvalue weighted by molar-refractivity contribution is -0.130. The van der Waals surface area contributed by atoms with Crippen molar-refractivity contribution in [3.05, 3.63) is 0 Å². The monoisotopic (exact) mass is 204 g/mol. The topological polar surface area (TPSA) is 61.4 Å². The van der Waals surface area contributed by atoms with Crippen molar-refractivity contribution in [2.24, 2.45) is 0 Å². The molecule has 0 radical (unpaired) electrons. The van der Waals surface area contributed by atoms with Gasteiger partial charge in [0, 0.05) is 19.1 Å². The molecule has 0 unspecified atom stereocenters. The second kappa shape index (κ2) is 4.23. The van der Waals surface area contributed by atoms with Crippen LogP contribution in [0.4, 0.5) is 4.39 Å². The molecule has 1 saturated heterocycles. The first-order valence-corrected chi connectivity index (χ1v) is 4.78. The Kier molecular flexibility index (Phi) is 3.44. The first-order chi connectivity index (χ1) is 6.39. The third-order valence-corrected chi connectivity index (χ3v) is 2.25. The minimum atomic E-state index is -1.84. The number of halogens is 1. The van der Waals surface area contributed by atoms with Crippen LogP contribution >= 0.6 is 0 Å². The molecular weight excluding hydrogens is 187 g/mol. The molecule has 0 saturated carbocycles. The fourth-order valence-electron chi connectivity index (χ4n) is 1.38. The predicted molar refractivity (Wildman–Crippen MR) is 50.6 cm³/mol. The molecule has 1 amide bonds. The van der Waals surface area contributed by atoms with E-state index < -0.39 is 11.6 Å². The van der Waals surface area contributed by atoms with Crippen LogP contribution in [-0.4, -0.2) is 41.9 Å². The van der Waals surface area contributed by atoms with E-state index in [-0.39, 0.29) is 12.1 Å². The van der Waals surface area contributed by atoms with E-state index >= 15 is 0 Å². The first kappa shape index (κ1) is 11.4. The van der Waals surface area contributed by atoms with E-state index in [1.807, 2.05) is 0 Å². The zero-order valence-corrected chi connectivity index (χ0v) is 8.51. The molecule has 0 aromatic rings. The van der Waals surface area contributed by atoms with Crippen LogP contribution in [0.2, 0.25) is 0 Å². The average Bonchev–Trinajstić information content (AvgIpc) is 2.45. The number of carbonyl (C=O) groups excluding carboxylic acids is 1. The van der Waals surface area contributed by atoms with E-state index in [9.17, 15) is 14.3 Å². The van der Waals surface area contributed by atoms with Crippen molar-refractivity contribution >= 4 is 5.91 Å². The highest BCUT2D eigenvalue weighted by Gasteiger charge is 2.28. The van der Waals surface area contributed by atoms with Gasteiger partial charge in [0.2, 0.25) is 0 Å². The van der Waals surface area contributed by atoms with Gasteiger partial charge in [0.1, 0.15) is 0 Å². The van der Waals surface area contributed by atoms with E-state index in [2.05, 4.69) is 10.6 Å². The molecule has 5 heteroatoms. The third-order valence-electron chi connectivity index (χ3n) is 2.25. The summed E-state index contributed by atoms with van der Waals surface area (Å²) in [4.78, 5) is 11.1. The molecule has 0 bridgehead atoms. The van der Waals surface area contributed by atoms with Crippen molar-refractivity contribution in [1.29, 1.82) is 0 Å². The summed E-state index contributed by atoms with van der Waals surface area (Å²) in [6.45, 7) is 3.35. The molecule has 0 aromatic carbocycles. The number of carbonyl (C=O) groups is 1. The number of aliphatic hydroxyl groups excluding tert-OH is 1. The highest BCUT2D eigenvalue weighted by atomic mass is 19.1. The van der Waals surface area contributed by atoms with Crippen molar-refractivity contribution in [1.82, 2.24) is 10.6 Å². The Morgan fingerprint density at radius 2 is 2.36 bits per heavy atom. The van der Waals surface area contributed by atoms with E-state index in [0.717, 1.165) is 0 Å². The minimum Gasteiger partial charge on any atom is -0.392 e. The fourth-order valence-corrected chi connectivity index (χ4v) is 1.38. The van der Waals surface area contributed by atoms with Gasteiger partial charge in [-0.1, -0.05) is 0 Å². The van der Waals surface area contributed by atoms with Crippen LogP contribution in [0.1, 0.15) is 20.3 Å². The molecule has 1 heterocycles. The van der Waals surface area contributed by atoms with Gasteiger partial charge in [-0.05, 0) is 20.3 Å². The molecule has 1 aliphatic heterocycles. The number of hydrogen-bond acceptors (Lipinski definition) is 3. The largest absolute Gasteiger partial charge is 0.392 e. The highest BCUT2D eigenvalue weighted by molar-refractivity contribution is 5.84. The Labute approximate surface area is 82.9 Å². The van der Waals surface area contributed by atoms with Gasteiger partial charge in [0.25, 0.3) is 5.91 Å². The lowest BCUT2D eigenvalue weighted by Crippen LogP contribution is -2.44. The smallest absolute Gasteiger partial charge is 0.257 e. The van der Waals surface area contributed by atoms with Crippen molar-refractivity contribution in [2.75, 3.05) is 13.1 Å². The summed E-state index contributed by atoms with van der Waals surface area (Å²) >= 11 is 0. The molecule has 0 spiro atoms. The molecule has 0 aliphatic carbocycles. The molecular formula is C9H17FN2O2. The number of hydrogen-bond donors (Lipinski definition) is 3. The highest BCUT2D eigenvalue weighted by Crippen LogP contribution is 2.09. The number of β-amino-alcohol motifs (C(OH)–C–C–N with tert-alkyl or cyclic N) is 1. The second-order valence-corrected chi connectivity index (χ2v) is 4.18. The Morgan fingerprint density at radius 1 is 1.71 bits per heavy atom. The van der Waals surface area contributed by atoms with Crippen LogP contribution in [0, 0.1) is 0 Å². The SMILES string of the molecule is CC(C)(F)C(=O)NC[C@@H]1C[C@H](O)CN1. The number of aliphatic hydroxyl groups is 1. The maximum absolute atomic E-state index is 13.1. The summed E-state index contributed by atoms with van der Waals surface area (Å²) in [5, 5.41) is 14.7. The normalized spacial score (nSPS) is 27.7. The summed E-state index contributed by atoms with van der Waals surface area (Å²) in [5.41, 5.74) is -1.84. The maximum atomic E-state index is 13.1. The summed E-state index contributed by atoms with van der Waals surface area (Å²) < 4.78 is 13.1. The van der Waals surface area contributed by atoms with E-state index in [0.29, 0.717) is 19.5 Å². The minimum absolute atomic E-state index is 0.0521. The molecule has 3 N–H and O–H groups in total. The summed E-state index contributed by atoms with van der Waals surface area (Å²) in [5.74, 6) is -0.610. The van der Waals surface area contributed by atoms with Crippen LogP contribution in [0.3, 0.4) is 0 Å². The van der Waals surface area contributed by atoms with Crippen molar-refractivity contribution < 1.29 is 14.3 Å². The fraction of sp³-hybridized carbons (Fsp3) is 0.889. The van der Waals surface area contributed by atoms with Gasteiger partial charge in [0.15, 0.2) is 5.67 Å². The number of rotatable bonds is 3. The van der Waals surface area contributed by atoms with Crippen LogP contribution < -0.4 is 10.6 Å². The van der Waals surface area contributed by atoms with Gasteiger partial charge >= 0.3 is 0 Å². The van der Waals surface area contributed by atoms with E-state index in [1.54, 1.807) is 0 Å². The van der Waals surface area contributed by atoms with Gasteiger partial charge in [-0.25, -0.2) is 4.39 Å². The molecule has 1 rings (SSSR count). The van der Waals surface area contributed by atoms with Gasteiger partial charge < -0.3 is 15.7 Å². The number of alkyl halides is 1. The van der Waals surface area contributed by atoms with Gasteiger partial charge in [-0.3, -0.25) is 4.79 Å². The molecule has 2 atom stereocenters. The van der Waals surface area contributed by atoms with Crippen LogP contribution in [0.5, 0.6) is 0 Å². The van der Waals surface area contributed by atoms with Crippen molar-refractivity contribution in [3.8, 4) is 0 Å². The molecule has 4 nitrogen and oxygen atoms in total. The average molecular weight is 204 g/mol. The Bertz CT molecular complexity index is 215. The third kappa shape index (κ3) is 3.23. The van der Waals surface area contributed by atoms with Crippen molar-refractivity contribution in [2.45, 2.75) is 38.1 Å². The standard InChI is InChI=1S/C9H17FN2O2/c1-9(2,10)8(14)12-4-6-3-7(13)5-11-6/h6-7,11,13H,3-5H2,1-2H3,(H,12,14)/t6-,7-/m0/s1. The van der Waals surface area contributed by atoms with E-state index in [4.69, 9.17) is 0 Å². The molecule has 82 valence electrons. The maximum Gasteiger partial charge on any atom is 0.257 e. The molecule has 14 heavy (non-hydrogen) atoms. The van der Waals surface area contributed by atoms with Crippen LogP contribution in [0.15, 0.2) is 0 Å². The second-order valence-electron chi connectivity index (χ2n) is 4.18. The summed E-state index contributed by atoms with van der Waals surface area (Å²) in [6, 6.07) is 0.0521. The quantitative estimate of drug-likeness (QED) is 0.585. The Hall–Kier alpha value is -0.680. The zero-order valence-electron chi connectivity index (χ0n) is 8.51. The molecule has 1 fully saturated rings. The Balaban J connectivity index is 2.24. The predicted octanol–water partition coefficient (Wildman–Crippen LogP) is -0.427. The lowest BCUT2D eigenvalue weighted by Gasteiger charge is -2.16. The Morgan fingerprint density at radius 3 is 2.79 bits per heavy atom. The first-order valence-electron chi connectivity index (χ1n) is 4.78. The summed E-state index contributed by atoms with van der Waals surface area (Å²) in [7, 11) is 0. The molecule has 1 aliphatic rings. The summed E-state index contributed by atoms with van der Waals surface area (Å²) in [6.07, 6.45) is 0.253. The van der Waals surface area contributed by atoms with Gasteiger partial charge in [-0.15, -0.1) is 0 Å². The van der Waals surface area contributed by atoms with Crippen molar-refractivity contribution in [3.63, 3.8) is 0 Å². The van der Waals surface area contributed by atoms with Crippen LogP contribution in [0.25, 0.3) is 0 Å². The number of amides is 1. The van der Waals surface area contributed by atoms with Gasteiger partial charge in [0.05, 0.1) is 6.10 Å². The van der Waals surface area contributed by atoms with E-state index in [1.165, 1.54) is 13.8 Å². The zero-order chi connectivity index (χ0) is 10.8. The van der Waals surface area contributed by atoms with Crippen LogP contribution in [-0.2, 0) is 4.79 Å². The van der Waals surface area contributed by atoms with Gasteiger partial charge in [-0.2, -0.15) is 0 Å². The lowest BCUT2D eigenvalue weighted by atomic mass is 10.1. The molecule has 0 aromatic heterocycles.